The third-order valence-electron chi connectivity index (χ3n) is 8.90. The summed E-state index contributed by atoms with van der Waals surface area (Å²) in [6, 6.07) is 16.6. The van der Waals surface area contributed by atoms with E-state index in [0.717, 1.165) is 10.9 Å². The Hall–Kier alpha value is -3.32. The number of aromatic nitrogens is 4. The number of esters is 1. The molecule has 0 bridgehead atoms. The summed E-state index contributed by atoms with van der Waals surface area (Å²) in [4.78, 5) is 13.4. The standard InChI is InChI=1S/C33H46N4O10S2Si/c1-22(2)50(23(3)4,24(5)6)47-31-28(45-30(38)25-16-11-9-12-17-25)29(46-48(8,40)41)33(7,39)27(44-31)20-15-21-49(42,43)32-34-35-36-37(32)26-18-13-10-14-19-26/h9-20,22-24,27-29,31,39H,21H2,1-8H3/b20-15+/t27-,28-,29-,31+,33-/m1/s1. The topological polar surface area (TPSA) is 186 Å². The fourth-order valence-corrected chi connectivity index (χ4v) is 13.8. The van der Waals surface area contributed by atoms with E-state index in [1.807, 2.05) is 41.5 Å². The molecule has 14 nitrogen and oxygen atoms in total. The number of sulfone groups is 1. The van der Waals surface area contributed by atoms with Crippen LogP contribution in [0.25, 0.3) is 5.69 Å². The number of tetrazole rings is 1. The highest BCUT2D eigenvalue weighted by Gasteiger charge is 2.59. The van der Waals surface area contributed by atoms with Crippen LogP contribution in [0.5, 0.6) is 0 Å². The van der Waals surface area contributed by atoms with Crippen molar-refractivity contribution in [3.8, 4) is 5.69 Å². The lowest BCUT2D eigenvalue weighted by Gasteiger charge is -2.52. The predicted molar refractivity (Wildman–Crippen MR) is 187 cm³/mol. The number of para-hydroxylation sites is 1. The molecule has 0 radical (unpaired) electrons. The Kier molecular flexibility index (Phi) is 12.2. The molecule has 1 aromatic heterocycles. The molecule has 17 heteroatoms. The second-order valence-corrected chi connectivity index (χ2v) is 22.4. The highest BCUT2D eigenvalue weighted by molar-refractivity contribution is 7.91. The van der Waals surface area contributed by atoms with Gasteiger partial charge >= 0.3 is 5.97 Å². The van der Waals surface area contributed by atoms with Gasteiger partial charge in [-0.3, -0.25) is 4.18 Å². The van der Waals surface area contributed by atoms with Crippen LogP contribution < -0.4 is 0 Å². The van der Waals surface area contributed by atoms with Crippen LogP contribution in [0.1, 0.15) is 58.8 Å². The maximum Gasteiger partial charge on any atom is 0.338 e. The molecular formula is C33H46N4O10S2Si. The number of carbonyl (C=O) groups excluding carboxylic acids is 1. The van der Waals surface area contributed by atoms with Crippen molar-refractivity contribution >= 4 is 34.2 Å². The lowest BCUT2D eigenvalue weighted by molar-refractivity contribution is -0.289. The second-order valence-electron chi connectivity index (χ2n) is 13.5. The number of nitrogens with zero attached hydrogens (tertiary/aromatic N) is 4. The smallest absolute Gasteiger partial charge is 0.338 e. The van der Waals surface area contributed by atoms with Crippen LogP contribution in [0, 0.1) is 0 Å². The molecule has 0 unspecified atom stereocenters. The first-order valence-corrected chi connectivity index (χ1v) is 21.8. The second kappa shape index (κ2) is 15.5. The number of hydrogen-bond acceptors (Lipinski definition) is 13. The Morgan fingerprint density at radius 2 is 1.54 bits per heavy atom. The quantitative estimate of drug-likeness (QED) is 0.107. The number of ether oxygens (including phenoxy) is 2. The van der Waals surface area contributed by atoms with Gasteiger partial charge in [0.2, 0.25) is 18.2 Å². The van der Waals surface area contributed by atoms with Crippen molar-refractivity contribution in [1.29, 1.82) is 0 Å². The minimum Gasteiger partial charge on any atom is -0.450 e. The van der Waals surface area contributed by atoms with E-state index in [4.69, 9.17) is 18.1 Å². The van der Waals surface area contributed by atoms with E-state index >= 15 is 0 Å². The largest absolute Gasteiger partial charge is 0.450 e. The molecule has 2 heterocycles. The SMILES string of the molecule is CC(C)[Si](O[C@@H]1O[C@H](/C=C/CS(=O)(=O)c2nnnn2-c2ccccc2)[C@@](C)(O)[C@H](OS(C)(=O)=O)[C@H]1OC(=O)c1ccccc1)(C(C)C)C(C)C. The number of aliphatic hydroxyl groups is 1. The molecular weight excluding hydrogens is 705 g/mol. The van der Waals surface area contributed by atoms with Gasteiger partial charge in [-0.2, -0.15) is 13.1 Å². The van der Waals surface area contributed by atoms with Gasteiger partial charge in [-0.05, 0) is 58.2 Å². The molecule has 0 spiro atoms. The summed E-state index contributed by atoms with van der Waals surface area (Å²) in [7, 11) is -11.2. The fourth-order valence-electron chi connectivity index (χ4n) is 6.65. The van der Waals surface area contributed by atoms with Gasteiger partial charge in [0, 0.05) is 0 Å². The first-order valence-electron chi connectivity index (χ1n) is 16.2. The summed E-state index contributed by atoms with van der Waals surface area (Å²) >= 11 is 0. The predicted octanol–water partition coefficient (Wildman–Crippen LogP) is 4.23. The van der Waals surface area contributed by atoms with Gasteiger partial charge < -0.3 is 19.0 Å². The van der Waals surface area contributed by atoms with E-state index in [-0.39, 0.29) is 22.2 Å². The zero-order valence-electron chi connectivity index (χ0n) is 29.4. The first-order chi connectivity index (χ1) is 23.3. The first kappa shape index (κ1) is 39.5. The minimum absolute atomic E-state index is 0.0306. The van der Waals surface area contributed by atoms with Crippen molar-refractivity contribution in [3.63, 3.8) is 0 Å². The molecule has 1 fully saturated rings. The van der Waals surface area contributed by atoms with E-state index < -0.39 is 75.4 Å². The molecule has 0 aliphatic carbocycles. The van der Waals surface area contributed by atoms with Crippen molar-refractivity contribution in [2.24, 2.45) is 0 Å². The van der Waals surface area contributed by atoms with Gasteiger partial charge in [0.25, 0.3) is 15.3 Å². The molecule has 1 aliphatic heterocycles. The van der Waals surface area contributed by atoms with Crippen molar-refractivity contribution in [2.45, 2.75) is 100 Å². The summed E-state index contributed by atoms with van der Waals surface area (Å²) in [6.07, 6.45) is -2.72. The summed E-state index contributed by atoms with van der Waals surface area (Å²) < 4.78 is 78.0. The van der Waals surface area contributed by atoms with E-state index in [1.165, 1.54) is 31.2 Å². The van der Waals surface area contributed by atoms with E-state index in [1.54, 1.807) is 48.5 Å². The van der Waals surface area contributed by atoms with Crippen LogP contribution in [0.3, 0.4) is 0 Å². The van der Waals surface area contributed by atoms with E-state index in [0.29, 0.717) is 5.69 Å². The number of hydrogen-bond donors (Lipinski definition) is 1. The number of rotatable bonds is 14. The molecule has 0 amide bonds. The molecule has 50 heavy (non-hydrogen) atoms. The van der Waals surface area contributed by atoms with E-state index in [2.05, 4.69) is 15.5 Å². The van der Waals surface area contributed by atoms with Crippen LogP contribution in [-0.4, -0.2) is 98.6 Å². The molecule has 4 rings (SSSR count). The normalized spacial score (nSPS) is 23.6. The van der Waals surface area contributed by atoms with Gasteiger partial charge in [0.1, 0.15) is 11.7 Å². The maximum absolute atomic E-state index is 13.4. The Balaban J connectivity index is 1.77. The molecule has 5 atom stereocenters. The Bertz CT molecular complexity index is 1830. The zero-order valence-corrected chi connectivity index (χ0v) is 32.0. The van der Waals surface area contributed by atoms with Crippen molar-refractivity contribution in [1.82, 2.24) is 20.2 Å². The Morgan fingerprint density at radius 3 is 2.08 bits per heavy atom. The van der Waals surface area contributed by atoms with Gasteiger partial charge in [-0.1, -0.05) is 95.2 Å². The van der Waals surface area contributed by atoms with Crippen LogP contribution in [0.15, 0.2) is 78.0 Å². The van der Waals surface area contributed by atoms with Crippen LogP contribution in [-0.2, 0) is 38.0 Å². The van der Waals surface area contributed by atoms with Gasteiger partial charge in [0.05, 0.1) is 23.3 Å². The van der Waals surface area contributed by atoms with Crippen molar-refractivity contribution < 1.29 is 44.8 Å². The maximum atomic E-state index is 13.4. The lowest BCUT2D eigenvalue weighted by Crippen LogP contribution is -2.68. The molecule has 1 saturated heterocycles. The number of carbonyl (C=O) groups is 1. The molecule has 274 valence electrons. The molecule has 1 aliphatic rings. The molecule has 3 aromatic rings. The van der Waals surface area contributed by atoms with Crippen LogP contribution in [0.4, 0.5) is 0 Å². The highest BCUT2D eigenvalue weighted by Crippen LogP contribution is 2.46. The summed E-state index contributed by atoms with van der Waals surface area (Å²) in [6.45, 7) is 13.5. The average molecular weight is 751 g/mol. The van der Waals surface area contributed by atoms with Crippen molar-refractivity contribution in [2.75, 3.05) is 12.0 Å². The van der Waals surface area contributed by atoms with Gasteiger partial charge in [0.15, 0.2) is 18.5 Å². The lowest BCUT2D eigenvalue weighted by atomic mass is 9.85. The fraction of sp³-hybridized carbons (Fsp3) is 0.515. The van der Waals surface area contributed by atoms with Gasteiger partial charge in [-0.25, -0.2) is 13.2 Å². The summed E-state index contributed by atoms with van der Waals surface area (Å²) in [5.41, 5.74) is -1.49. The monoisotopic (exact) mass is 750 g/mol. The minimum atomic E-state index is -4.27. The molecule has 1 N–H and O–H groups in total. The summed E-state index contributed by atoms with van der Waals surface area (Å²) in [5, 5.41) is 22.6. The van der Waals surface area contributed by atoms with E-state index in [9.17, 15) is 26.7 Å². The number of benzene rings is 2. The van der Waals surface area contributed by atoms with Crippen LogP contribution in [0.2, 0.25) is 16.6 Å². The van der Waals surface area contributed by atoms with Gasteiger partial charge in [-0.15, -0.1) is 0 Å². The average Bonchev–Trinajstić information content (AvgIpc) is 3.54. The third kappa shape index (κ3) is 8.58. The molecule has 0 saturated carbocycles. The van der Waals surface area contributed by atoms with Crippen molar-refractivity contribution in [3.05, 3.63) is 78.4 Å². The molecule has 2 aromatic carbocycles. The Morgan fingerprint density at radius 1 is 0.980 bits per heavy atom. The third-order valence-corrected chi connectivity index (χ3v) is 17.0. The zero-order chi connectivity index (χ0) is 37.1. The van der Waals surface area contributed by atoms with Crippen LogP contribution >= 0.6 is 0 Å². The Labute approximate surface area is 295 Å². The summed E-state index contributed by atoms with van der Waals surface area (Å²) in [5.74, 6) is -1.42. The highest BCUT2D eigenvalue weighted by atomic mass is 32.2.